The number of nitrogens with zero attached hydrogens (tertiary/aromatic N) is 4. The van der Waals surface area contributed by atoms with Crippen LogP contribution in [0.4, 0.5) is 10.1 Å². The van der Waals surface area contributed by atoms with Crippen LogP contribution in [0.25, 0.3) is 22.2 Å². The van der Waals surface area contributed by atoms with E-state index in [1.807, 2.05) is 30.3 Å². The zero-order valence-electron chi connectivity index (χ0n) is 17.8. The van der Waals surface area contributed by atoms with Gasteiger partial charge in [-0.3, -0.25) is 0 Å². The Morgan fingerprint density at radius 3 is 2.48 bits per heavy atom. The van der Waals surface area contributed by atoms with E-state index in [4.69, 9.17) is 4.52 Å². The molecule has 0 aliphatic carbocycles. The molecule has 4 aromatic rings. The fourth-order valence-corrected chi connectivity index (χ4v) is 6.76. The molecule has 5 rings (SSSR count). The summed E-state index contributed by atoms with van der Waals surface area (Å²) in [5.74, 6) is 0.0567. The molecule has 2 aromatic heterocycles. The van der Waals surface area contributed by atoms with Gasteiger partial charge in [0.1, 0.15) is 5.82 Å². The van der Waals surface area contributed by atoms with E-state index in [0.717, 1.165) is 5.69 Å². The molecule has 1 aliphatic heterocycles. The van der Waals surface area contributed by atoms with Crippen LogP contribution in [0.15, 0.2) is 70.1 Å². The number of halogens is 1. The van der Waals surface area contributed by atoms with E-state index in [2.05, 4.69) is 15.0 Å². The SMILES string of the molecule is Cc1sc(-c2nc(-c3cccc(F)c3)no2)cc1S(=O)(=O)N1CCN(c2ccccc2)CC1. The monoisotopic (exact) mass is 484 g/mol. The lowest BCUT2D eigenvalue weighted by Crippen LogP contribution is -2.48. The lowest BCUT2D eigenvalue weighted by molar-refractivity contribution is 0.385. The van der Waals surface area contributed by atoms with Crippen molar-refractivity contribution < 1.29 is 17.3 Å². The minimum Gasteiger partial charge on any atom is -0.369 e. The second kappa shape index (κ2) is 8.69. The lowest BCUT2D eigenvalue weighted by atomic mass is 10.2. The highest BCUT2D eigenvalue weighted by Gasteiger charge is 2.31. The molecule has 7 nitrogen and oxygen atoms in total. The Morgan fingerprint density at radius 1 is 1.00 bits per heavy atom. The molecule has 170 valence electrons. The van der Waals surface area contributed by atoms with Gasteiger partial charge >= 0.3 is 0 Å². The van der Waals surface area contributed by atoms with Crippen molar-refractivity contribution in [2.24, 2.45) is 0 Å². The second-order valence-corrected chi connectivity index (χ2v) is 10.9. The van der Waals surface area contributed by atoms with Crippen LogP contribution in [-0.4, -0.2) is 49.0 Å². The van der Waals surface area contributed by atoms with Crippen molar-refractivity contribution in [2.75, 3.05) is 31.1 Å². The molecule has 3 heterocycles. The van der Waals surface area contributed by atoms with Gasteiger partial charge in [0.05, 0.1) is 9.77 Å². The van der Waals surface area contributed by atoms with E-state index in [9.17, 15) is 12.8 Å². The zero-order chi connectivity index (χ0) is 23.0. The minimum absolute atomic E-state index is 0.206. The largest absolute Gasteiger partial charge is 0.369 e. The lowest BCUT2D eigenvalue weighted by Gasteiger charge is -2.35. The minimum atomic E-state index is -3.66. The third-order valence-electron chi connectivity index (χ3n) is 5.57. The number of hydrogen-bond acceptors (Lipinski definition) is 7. The molecule has 0 N–H and O–H groups in total. The number of hydrogen-bond donors (Lipinski definition) is 0. The van der Waals surface area contributed by atoms with Gasteiger partial charge in [-0.15, -0.1) is 11.3 Å². The average molecular weight is 485 g/mol. The van der Waals surface area contributed by atoms with Crippen molar-refractivity contribution >= 4 is 27.0 Å². The molecule has 0 atom stereocenters. The van der Waals surface area contributed by atoms with Crippen molar-refractivity contribution in [3.8, 4) is 22.2 Å². The van der Waals surface area contributed by atoms with Crippen molar-refractivity contribution in [3.05, 3.63) is 71.4 Å². The predicted octanol–water partition coefficient (Wildman–Crippen LogP) is 4.42. The van der Waals surface area contributed by atoms with Crippen LogP contribution < -0.4 is 4.90 Å². The molecule has 1 aliphatic rings. The van der Waals surface area contributed by atoms with Gasteiger partial charge in [0, 0.05) is 42.3 Å². The van der Waals surface area contributed by atoms with Crippen molar-refractivity contribution in [3.63, 3.8) is 0 Å². The summed E-state index contributed by atoms with van der Waals surface area (Å²) >= 11 is 1.28. The fraction of sp³-hybridized carbons (Fsp3) is 0.217. The highest BCUT2D eigenvalue weighted by atomic mass is 32.2. The Morgan fingerprint density at radius 2 is 1.76 bits per heavy atom. The summed E-state index contributed by atoms with van der Waals surface area (Å²) in [7, 11) is -3.66. The number of benzene rings is 2. The zero-order valence-corrected chi connectivity index (χ0v) is 19.4. The quantitative estimate of drug-likeness (QED) is 0.417. The highest BCUT2D eigenvalue weighted by molar-refractivity contribution is 7.89. The maximum atomic E-state index is 13.5. The molecule has 2 aromatic carbocycles. The standard InChI is InChI=1S/C23H21FN4O3S2/c1-16-21(33(29,30)28-12-10-27(11-13-28)19-8-3-2-4-9-19)15-20(32-16)23-25-22(26-31-23)17-6-5-7-18(24)14-17/h2-9,14-15H,10-13H2,1H3. The van der Waals surface area contributed by atoms with Crippen LogP contribution in [0.3, 0.4) is 0 Å². The maximum Gasteiger partial charge on any atom is 0.268 e. The Labute approximate surface area is 195 Å². The van der Waals surface area contributed by atoms with Crippen LogP contribution in [-0.2, 0) is 10.0 Å². The first kappa shape index (κ1) is 21.7. The number of aryl methyl sites for hydroxylation is 1. The number of para-hydroxylation sites is 1. The molecule has 10 heteroatoms. The fourth-order valence-electron chi connectivity index (χ4n) is 3.86. The number of piperazine rings is 1. The molecule has 1 saturated heterocycles. The maximum absolute atomic E-state index is 13.5. The molecule has 0 bridgehead atoms. The molecular weight excluding hydrogens is 463 g/mol. The number of thiophene rings is 1. The Bertz CT molecular complexity index is 1380. The highest BCUT2D eigenvalue weighted by Crippen LogP contribution is 2.35. The number of aromatic nitrogens is 2. The van der Waals surface area contributed by atoms with Crippen LogP contribution in [0.1, 0.15) is 4.88 Å². The average Bonchev–Trinajstić information content (AvgIpc) is 3.47. The van der Waals surface area contributed by atoms with Gasteiger partial charge in [0.15, 0.2) is 0 Å². The molecule has 0 amide bonds. The van der Waals surface area contributed by atoms with Gasteiger partial charge in [-0.2, -0.15) is 9.29 Å². The summed E-state index contributed by atoms with van der Waals surface area (Å²) in [6.07, 6.45) is 0. The molecule has 0 saturated carbocycles. The van der Waals surface area contributed by atoms with E-state index in [1.165, 1.54) is 27.8 Å². The second-order valence-electron chi connectivity index (χ2n) is 7.69. The Kier molecular flexibility index (Phi) is 5.73. The first-order valence-electron chi connectivity index (χ1n) is 10.4. The number of rotatable bonds is 5. The Hall–Kier alpha value is -3.08. The van der Waals surface area contributed by atoms with E-state index in [1.54, 1.807) is 25.1 Å². The van der Waals surface area contributed by atoms with Crippen LogP contribution in [0, 0.1) is 12.7 Å². The van der Waals surface area contributed by atoms with Gasteiger partial charge < -0.3 is 9.42 Å². The van der Waals surface area contributed by atoms with Crippen molar-refractivity contribution in [2.45, 2.75) is 11.8 Å². The van der Waals surface area contributed by atoms with Gasteiger partial charge in [-0.05, 0) is 37.3 Å². The number of sulfonamides is 1. The first-order valence-corrected chi connectivity index (χ1v) is 12.7. The third kappa shape index (κ3) is 4.29. The smallest absolute Gasteiger partial charge is 0.268 e. The molecule has 0 spiro atoms. The van der Waals surface area contributed by atoms with E-state index < -0.39 is 15.8 Å². The summed E-state index contributed by atoms with van der Waals surface area (Å²) < 4.78 is 47.1. The van der Waals surface area contributed by atoms with E-state index in [-0.39, 0.29) is 16.6 Å². The normalized spacial score (nSPS) is 15.2. The number of anilines is 1. The molecule has 1 fully saturated rings. The molecule has 0 unspecified atom stereocenters. The van der Waals surface area contributed by atoms with Gasteiger partial charge in [0.2, 0.25) is 15.8 Å². The van der Waals surface area contributed by atoms with Gasteiger partial charge in [-0.25, -0.2) is 12.8 Å². The molecular formula is C23H21FN4O3S2. The summed E-state index contributed by atoms with van der Waals surface area (Å²) in [6, 6.07) is 17.5. The topological polar surface area (TPSA) is 79.5 Å². The first-order chi connectivity index (χ1) is 15.9. The van der Waals surface area contributed by atoms with E-state index in [0.29, 0.717) is 41.5 Å². The molecule has 0 radical (unpaired) electrons. The summed E-state index contributed by atoms with van der Waals surface area (Å²) in [5.41, 5.74) is 1.58. The van der Waals surface area contributed by atoms with Crippen LogP contribution in [0.5, 0.6) is 0 Å². The van der Waals surface area contributed by atoms with Crippen LogP contribution >= 0.6 is 11.3 Å². The van der Waals surface area contributed by atoms with E-state index >= 15 is 0 Å². The van der Waals surface area contributed by atoms with Gasteiger partial charge in [0.25, 0.3) is 5.89 Å². The van der Waals surface area contributed by atoms with Crippen molar-refractivity contribution in [1.82, 2.24) is 14.4 Å². The van der Waals surface area contributed by atoms with Gasteiger partial charge in [-0.1, -0.05) is 35.5 Å². The Balaban J connectivity index is 1.35. The third-order valence-corrected chi connectivity index (χ3v) is 8.76. The molecule has 33 heavy (non-hydrogen) atoms. The summed E-state index contributed by atoms with van der Waals surface area (Å²) in [4.78, 5) is 7.98. The summed E-state index contributed by atoms with van der Waals surface area (Å²) in [5, 5.41) is 3.92. The van der Waals surface area contributed by atoms with Crippen molar-refractivity contribution in [1.29, 1.82) is 0 Å². The summed E-state index contributed by atoms with van der Waals surface area (Å²) in [6.45, 7) is 3.84. The predicted molar refractivity (Wildman–Crippen MR) is 125 cm³/mol. The van der Waals surface area contributed by atoms with Crippen LogP contribution in [0.2, 0.25) is 0 Å².